The lowest BCUT2D eigenvalue weighted by molar-refractivity contribution is 0.0362. The van der Waals surface area contributed by atoms with Crippen molar-refractivity contribution in [2.24, 2.45) is 0 Å². The largest absolute Gasteiger partial charge is 0.399 e. The number of carbonyl (C=O) groups excluding carboxylic acids is 1. The van der Waals surface area contributed by atoms with Crippen LogP contribution in [0.1, 0.15) is 28.8 Å². The summed E-state index contributed by atoms with van der Waals surface area (Å²) in [5.74, 6) is 0.0479. The highest BCUT2D eigenvalue weighted by Gasteiger charge is 2.24. The molecule has 0 radical (unpaired) electrons. The Morgan fingerprint density at radius 3 is 2.72 bits per heavy atom. The number of amides is 1. The Morgan fingerprint density at radius 1 is 1.39 bits per heavy atom. The molecule has 18 heavy (non-hydrogen) atoms. The number of carbonyl (C=O) groups is 1. The second kappa shape index (κ2) is 5.40. The van der Waals surface area contributed by atoms with Gasteiger partial charge in [0, 0.05) is 37.6 Å². The van der Waals surface area contributed by atoms with Crippen LogP contribution in [0.3, 0.4) is 0 Å². The molecular weight excluding hydrogens is 228 g/mol. The van der Waals surface area contributed by atoms with Gasteiger partial charge in [0.1, 0.15) is 0 Å². The molecule has 0 spiro atoms. The van der Waals surface area contributed by atoms with Gasteiger partial charge >= 0.3 is 0 Å². The number of anilines is 1. The number of rotatable bonds is 2. The van der Waals surface area contributed by atoms with Crippen LogP contribution in [-0.4, -0.2) is 37.1 Å². The lowest BCUT2D eigenvalue weighted by atomic mass is 10.0. The van der Waals surface area contributed by atoms with Gasteiger partial charge in [0.2, 0.25) is 0 Å². The molecular formula is C14H20N2O2. The second-order valence-corrected chi connectivity index (χ2v) is 4.83. The van der Waals surface area contributed by atoms with E-state index in [1.54, 1.807) is 6.07 Å². The highest BCUT2D eigenvalue weighted by atomic mass is 16.5. The molecule has 0 aromatic heterocycles. The molecule has 0 bridgehead atoms. The van der Waals surface area contributed by atoms with E-state index < -0.39 is 0 Å². The van der Waals surface area contributed by atoms with Gasteiger partial charge in [-0.25, -0.2) is 0 Å². The lowest BCUT2D eigenvalue weighted by Gasteiger charge is -2.31. The maximum Gasteiger partial charge on any atom is 0.254 e. The summed E-state index contributed by atoms with van der Waals surface area (Å²) in [4.78, 5) is 14.3. The standard InChI is InChI=1S/C14H20N2O2/c1-10-3-4-11(15)9-13(10)14(17)16(2)12-5-7-18-8-6-12/h3-4,9,12H,5-8,15H2,1-2H3. The highest BCUT2D eigenvalue weighted by Crippen LogP contribution is 2.19. The Hall–Kier alpha value is -1.55. The number of hydrogen-bond donors (Lipinski definition) is 1. The number of hydrogen-bond acceptors (Lipinski definition) is 3. The van der Waals surface area contributed by atoms with Gasteiger partial charge < -0.3 is 15.4 Å². The first-order valence-electron chi connectivity index (χ1n) is 6.30. The normalized spacial score (nSPS) is 16.6. The monoisotopic (exact) mass is 248 g/mol. The summed E-state index contributed by atoms with van der Waals surface area (Å²) in [6.45, 7) is 3.40. The van der Waals surface area contributed by atoms with Crippen molar-refractivity contribution in [2.45, 2.75) is 25.8 Å². The topological polar surface area (TPSA) is 55.6 Å². The maximum atomic E-state index is 12.4. The SMILES string of the molecule is Cc1ccc(N)cc1C(=O)N(C)C1CCOCC1. The zero-order chi connectivity index (χ0) is 13.1. The Morgan fingerprint density at radius 2 is 2.06 bits per heavy atom. The van der Waals surface area contributed by atoms with Crippen LogP contribution in [0.2, 0.25) is 0 Å². The van der Waals surface area contributed by atoms with Crippen molar-refractivity contribution >= 4 is 11.6 Å². The Bertz CT molecular complexity index is 439. The first-order valence-corrected chi connectivity index (χ1v) is 6.30. The van der Waals surface area contributed by atoms with Crippen LogP contribution in [0.25, 0.3) is 0 Å². The van der Waals surface area contributed by atoms with Gasteiger partial charge in [0.25, 0.3) is 5.91 Å². The van der Waals surface area contributed by atoms with E-state index in [4.69, 9.17) is 10.5 Å². The third-order valence-corrected chi connectivity index (χ3v) is 3.55. The van der Waals surface area contributed by atoms with Crippen molar-refractivity contribution < 1.29 is 9.53 Å². The number of nitrogens with two attached hydrogens (primary N) is 1. The average molecular weight is 248 g/mol. The summed E-state index contributed by atoms with van der Waals surface area (Å²) in [6, 6.07) is 5.74. The van der Waals surface area contributed by atoms with Gasteiger partial charge in [0.05, 0.1) is 0 Å². The van der Waals surface area contributed by atoms with E-state index in [9.17, 15) is 4.79 Å². The first kappa shape index (κ1) is 12.9. The van der Waals surface area contributed by atoms with Gasteiger partial charge in [-0.3, -0.25) is 4.79 Å². The Labute approximate surface area is 108 Å². The molecule has 1 amide bonds. The van der Waals surface area contributed by atoms with E-state index in [1.807, 2.05) is 31.0 Å². The quantitative estimate of drug-likeness (QED) is 0.812. The molecule has 2 rings (SSSR count). The lowest BCUT2D eigenvalue weighted by Crippen LogP contribution is -2.40. The van der Waals surface area contributed by atoms with E-state index in [2.05, 4.69) is 0 Å². The van der Waals surface area contributed by atoms with Gasteiger partial charge in [-0.05, 0) is 37.5 Å². The third kappa shape index (κ3) is 2.64. The van der Waals surface area contributed by atoms with Crippen LogP contribution in [0.15, 0.2) is 18.2 Å². The third-order valence-electron chi connectivity index (χ3n) is 3.55. The van der Waals surface area contributed by atoms with E-state index >= 15 is 0 Å². The molecule has 0 unspecified atom stereocenters. The van der Waals surface area contributed by atoms with Crippen molar-refractivity contribution in [3.8, 4) is 0 Å². The van der Waals surface area contributed by atoms with Crippen LogP contribution < -0.4 is 5.73 Å². The molecule has 1 fully saturated rings. The molecule has 1 aliphatic rings. The van der Waals surface area contributed by atoms with E-state index in [1.165, 1.54) is 0 Å². The molecule has 1 aromatic carbocycles. The van der Waals surface area contributed by atoms with Crippen LogP contribution >= 0.6 is 0 Å². The smallest absolute Gasteiger partial charge is 0.254 e. The molecule has 4 nitrogen and oxygen atoms in total. The van der Waals surface area contributed by atoms with Gasteiger partial charge in [0.15, 0.2) is 0 Å². The predicted molar refractivity (Wildman–Crippen MR) is 71.5 cm³/mol. The fraction of sp³-hybridized carbons (Fsp3) is 0.500. The number of aryl methyl sites for hydroxylation is 1. The summed E-state index contributed by atoms with van der Waals surface area (Å²) in [5.41, 5.74) is 8.05. The first-order chi connectivity index (χ1) is 8.59. The number of nitrogens with zero attached hydrogens (tertiary/aromatic N) is 1. The Kier molecular flexibility index (Phi) is 3.87. The second-order valence-electron chi connectivity index (χ2n) is 4.83. The fourth-order valence-electron chi connectivity index (χ4n) is 2.30. The van der Waals surface area contributed by atoms with Crippen molar-refractivity contribution in [2.75, 3.05) is 26.0 Å². The molecule has 1 saturated heterocycles. The molecule has 1 heterocycles. The summed E-state index contributed by atoms with van der Waals surface area (Å²) in [5, 5.41) is 0. The van der Waals surface area contributed by atoms with Crippen LogP contribution in [0, 0.1) is 6.92 Å². The summed E-state index contributed by atoms with van der Waals surface area (Å²) < 4.78 is 5.32. The number of nitrogen functional groups attached to an aromatic ring is 1. The van der Waals surface area contributed by atoms with Gasteiger partial charge in [-0.2, -0.15) is 0 Å². The van der Waals surface area contributed by atoms with Crippen molar-refractivity contribution in [1.82, 2.24) is 4.90 Å². The minimum absolute atomic E-state index is 0.0479. The van der Waals surface area contributed by atoms with Crippen LogP contribution in [0.5, 0.6) is 0 Å². The molecule has 4 heteroatoms. The van der Waals surface area contributed by atoms with Crippen LogP contribution in [-0.2, 0) is 4.74 Å². The van der Waals surface area contributed by atoms with Crippen molar-refractivity contribution in [3.63, 3.8) is 0 Å². The van der Waals surface area contributed by atoms with E-state index in [0.29, 0.717) is 11.3 Å². The zero-order valence-corrected chi connectivity index (χ0v) is 11.0. The average Bonchev–Trinajstić information content (AvgIpc) is 2.41. The Balaban J connectivity index is 2.16. The van der Waals surface area contributed by atoms with Crippen molar-refractivity contribution in [3.05, 3.63) is 29.3 Å². The van der Waals surface area contributed by atoms with E-state index in [-0.39, 0.29) is 11.9 Å². The molecule has 0 atom stereocenters. The summed E-state index contributed by atoms with van der Waals surface area (Å²) in [7, 11) is 1.86. The summed E-state index contributed by atoms with van der Waals surface area (Å²) >= 11 is 0. The number of ether oxygens (including phenoxy) is 1. The summed E-state index contributed by atoms with van der Waals surface area (Å²) in [6.07, 6.45) is 1.81. The maximum absolute atomic E-state index is 12.4. The minimum Gasteiger partial charge on any atom is -0.399 e. The van der Waals surface area contributed by atoms with Crippen LogP contribution in [0.4, 0.5) is 5.69 Å². The molecule has 2 N–H and O–H groups in total. The predicted octanol–water partition coefficient (Wildman–Crippen LogP) is 1.83. The van der Waals surface area contributed by atoms with Gasteiger partial charge in [-0.15, -0.1) is 0 Å². The molecule has 0 aliphatic carbocycles. The van der Waals surface area contributed by atoms with E-state index in [0.717, 1.165) is 31.6 Å². The molecule has 1 aliphatic heterocycles. The minimum atomic E-state index is 0.0479. The zero-order valence-electron chi connectivity index (χ0n) is 11.0. The molecule has 0 saturated carbocycles. The molecule has 1 aromatic rings. The molecule has 98 valence electrons. The highest BCUT2D eigenvalue weighted by molar-refractivity contribution is 5.96. The van der Waals surface area contributed by atoms with Gasteiger partial charge in [-0.1, -0.05) is 6.07 Å². The van der Waals surface area contributed by atoms with Crippen molar-refractivity contribution in [1.29, 1.82) is 0 Å². The number of benzene rings is 1. The fourth-order valence-corrected chi connectivity index (χ4v) is 2.30.